The third-order valence-electron chi connectivity index (χ3n) is 2.05. The van der Waals surface area contributed by atoms with Gasteiger partial charge in [0.15, 0.2) is 6.29 Å². The Bertz CT molecular complexity index is 469. The van der Waals surface area contributed by atoms with Gasteiger partial charge in [-0.25, -0.2) is 9.67 Å². The zero-order valence-corrected chi connectivity index (χ0v) is 9.28. The molecule has 2 aromatic rings. The number of aldehydes is 1. The Morgan fingerprint density at radius 3 is 2.87 bits per heavy atom. The first kappa shape index (κ1) is 9.97. The smallest absolute Gasteiger partial charge is 0.171 e. The normalized spacial score (nSPS) is 10.5. The minimum atomic E-state index is 0.347. The maximum atomic E-state index is 10.4. The molecule has 2 rings (SSSR count). The molecule has 0 bridgehead atoms. The standard InChI is InChI=1S/C9H10N4OS/c1-6-7(2)15-9(10-6)4-13-3-8(5-14)11-12-13/h3,5H,4H2,1-2H3. The number of nitrogens with zero attached hydrogens (tertiary/aromatic N) is 4. The van der Waals surface area contributed by atoms with Gasteiger partial charge in [0.1, 0.15) is 10.7 Å². The van der Waals surface area contributed by atoms with Crippen molar-refractivity contribution in [1.82, 2.24) is 20.0 Å². The molecule has 0 radical (unpaired) electrons. The van der Waals surface area contributed by atoms with Gasteiger partial charge < -0.3 is 0 Å². The molecule has 0 aliphatic rings. The van der Waals surface area contributed by atoms with Crippen molar-refractivity contribution in [2.75, 3.05) is 0 Å². The molecule has 0 saturated heterocycles. The molecule has 0 saturated carbocycles. The summed E-state index contributed by atoms with van der Waals surface area (Å²) in [5.74, 6) is 0. The van der Waals surface area contributed by atoms with Gasteiger partial charge in [-0.05, 0) is 13.8 Å². The van der Waals surface area contributed by atoms with Crippen molar-refractivity contribution < 1.29 is 4.79 Å². The van der Waals surface area contributed by atoms with Crippen LogP contribution in [0, 0.1) is 13.8 Å². The highest BCUT2D eigenvalue weighted by Crippen LogP contribution is 2.16. The molecule has 2 aromatic heterocycles. The van der Waals surface area contributed by atoms with Gasteiger partial charge in [-0.3, -0.25) is 4.79 Å². The molecule has 15 heavy (non-hydrogen) atoms. The fourth-order valence-corrected chi connectivity index (χ4v) is 2.12. The lowest BCUT2D eigenvalue weighted by Gasteiger charge is -1.93. The Hall–Kier alpha value is -1.56. The van der Waals surface area contributed by atoms with Gasteiger partial charge in [0.2, 0.25) is 0 Å². The lowest BCUT2D eigenvalue weighted by molar-refractivity contribution is 0.111. The fraction of sp³-hybridized carbons (Fsp3) is 0.333. The summed E-state index contributed by atoms with van der Waals surface area (Å²) in [7, 11) is 0. The molecule has 78 valence electrons. The zero-order valence-electron chi connectivity index (χ0n) is 8.47. The van der Waals surface area contributed by atoms with Gasteiger partial charge in [0.25, 0.3) is 0 Å². The van der Waals surface area contributed by atoms with E-state index in [4.69, 9.17) is 0 Å². The van der Waals surface area contributed by atoms with Gasteiger partial charge in [0.05, 0.1) is 18.4 Å². The summed E-state index contributed by atoms with van der Waals surface area (Å²) in [6.07, 6.45) is 2.29. The molecule has 0 aliphatic heterocycles. The lowest BCUT2D eigenvalue weighted by atomic mass is 10.4. The van der Waals surface area contributed by atoms with Crippen molar-refractivity contribution in [2.45, 2.75) is 20.4 Å². The summed E-state index contributed by atoms with van der Waals surface area (Å²) < 4.78 is 1.61. The molecular weight excluding hydrogens is 212 g/mol. The predicted octanol–water partition coefficient (Wildman–Crippen LogP) is 1.21. The number of carbonyl (C=O) groups is 1. The highest BCUT2D eigenvalue weighted by Gasteiger charge is 2.05. The molecule has 5 nitrogen and oxygen atoms in total. The molecule has 0 atom stereocenters. The molecule has 0 N–H and O–H groups in total. The van der Waals surface area contributed by atoms with E-state index >= 15 is 0 Å². The van der Waals surface area contributed by atoms with E-state index in [1.807, 2.05) is 13.8 Å². The molecule has 0 unspecified atom stereocenters. The second kappa shape index (κ2) is 3.90. The Kier molecular flexibility index (Phi) is 2.59. The lowest BCUT2D eigenvalue weighted by Crippen LogP contribution is -1.99. The highest BCUT2D eigenvalue weighted by molar-refractivity contribution is 7.11. The first-order chi connectivity index (χ1) is 7.19. The first-order valence-corrected chi connectivity index (χ1v) is 5.29. The second-order valence-corrected chi connectivity index (χ2v) is 4.50. The van der Waals surface area contributed by atoms with E-state index in [1.165, 1.54) is 4.88 Å². The van der Waals surface area contributed by atoms with Gasteiger partial charge in [0, 0.05) is 4.88 Å². The van der Waals surface area contributed by atoms with Crippen LogP contribution in [0.15, 0.2) is 6.20 Å². The summed E-state index contributed by atoms with van der Waals surface area (Å²) in [6.45, 7) is 4.59. The van der Waals surface area contributed by atoms with Crippen LogP contribution < -0.4 is 0 Å². The number of thiazole rings is 1. The molecule has 0 fully saturated rings. The predicted molar refractivity (Wildman–Crippen MR) is 56.1 cm³/mol. The zero-order chi connectivity index (χ0) is 10.8. The van der Waals surface area contributed by atoms with Gasteiger partial charge in [-0.2, -0.15) is 0 Å². The van der Waals surface area contributed by atoms with Crippen LogP contribution in [0.5, 0.6) is 0 Å². The molecule has 0 aliphatic carbocycles. The minimum Gasteiger partial charge on any atom is -0.296 e. The molecule has 2 heterocycles. The summed E-state index contributed by atoms with van der Waals surface area (Å²) in [6, 6.07) is 0. The van der Waals surface area contributed by atoms with Crippen LogP contribution in [-0.2, 0) is 6.54 Å². The molecule has 0 amide bonds. The maximum Gasteiger partial charge on any atom is 0.171 e. The van der Waals surface area contributed by atoms with Crippen LogP contribution in [-0.4, -0.2) is 26.3 Å². The molecule has 6 heteroatoms. The number of carbonyl (C=O) groups excluding carboxylic acids is 1. The largest absolute Gasteiger partial charge is 0.296 e. The van der Waals surface area contributed by atoms with Gasteiger partial charge in [-0.15, -0.1) is 16.4 Å². The number of aromatic nitrogens is 4. The Balaban J connectivity index is 2.17. The summed E-state index contributed by atoms with van der Waals surface area (Å²) >= 11 is 1.64. The molecule has 0 aromatic carbocycles. The van der Waals surface area contributed by atoms with Crippen LogP contribution in [0.1, 0.15) is 26.1 Å². The number of hydrogen-bond acceptors (Lipinski definition) is 5. The van der Waals surface area contributed by atoms with Crippen molar-refractivity contribution in [3.05, 3.63) is 27.5 Å². The summed E-state index contributed by atoms with van der Waals surface area (Å²) in [4.78, 5) is 16.0. The number of rotatable bonds is 3. The van der Waals surface area contributed by atoms with Crippen LogP contribution in [0.2, 0.25) is 0 Å². The Morgan fingerprint density at radius 2 is 2.33 bits per heavy atom. The van der Waals surface area contributed by atoms with Crippen LogP contribution >= 0.6 is 11.3 Å². The second-order valence-electron chi connectivity index (χ2n) is 3.21. The first-order valence-electron chi connectivity index (χ1n) is 4.47. The maximum absolute atomic E-state index is 10.4. The molecule has 0 spiro atoms. The SMILES string of the molecule is Cc1nc(Cn2cc(C=O)nn2)sc1C. The van der Waals surface area contributed by atoms with Crippen molar-refractivity contribution in [3.63, 3.8) is 0 Å². The Morgan fingerprint density at radius 1 is 1.53 bits per heavy atom. The highest BCUT2D eigenvalue weighted by atomic mass is 32.1. The van der Waals surface area contributed by atoms with Crippen molar-refractivity contribution >= 4 is 17.6 Å². The molecular formula is C9H10N4OS. The minimum absolute atomic E-state index is 0.347. The summed E-state index contributed by atoms with van der Waals surface area (Å²) in [5, 5.41) is 8.48. The third-order valence-corrected chi connectivity index (χ3v) is 3.10. The summed E-state index contributed by atoms with van der Waals surface area (Å²) in [5.41, 5.74) is 1.39. The monoisotopic (exact) mass is 222 g/mol. The van der Waals surface area contributed by atoms with Gasteiger partial charge in [-0.1, -0.05) is 5.21 Å². The van der Waals surface area contributed by atoms with E-state index in [9.17, 15) is 4.79 Å². The van der Waals surface area contributed by atoms with Gasteiger partial charge >= 0.3 is 0 Å². The van der Waals surface area contributed by atoms with E-state index in [0.29, 0.717) is 18.5 Å². The average Bonchev–Trinajstić information content (AvgIpc) is 2.76. The van der Waals surface area contributed by atoms with E-state index in [1.54, 1.807) is 22.2 Å². The van der Waals surface area contributed by atoms with Crippen molar-refractivity contribution in [2.24, 2.45) is 0 Å². The van der Waals surface area contributed by atoms with E-state index in [0.717, 1.165) is 10.7 Å². The van der Waals surface area contributed by atoms with Crippen LogP contribution in [0.25, 0.3) is 0 Å². The van der Waals surface area contributed by atoms with E-state index in [2.05, 4.69) is 15.3 Å². The van der Waals surface area contributed by atoms with E-state index < -0.39 is 0 Å². The average molecular weight is 222 g/mol. The number of aryl methyl sites for hydroxylation is 2. The van der Waals surface area contributed by atoms with E-state index in [-0.39, 0.29) is 0 Å². The van der Waals surface area contributed by atoms with Crippen molar-refractivity contribution in [3.8, 4) is 0 Å². The third kappa shape index (κ3) is 2.10. The van der Waals surface area contributed by atoms with Crippen molar-refractivity contribution in [1.29, 1.82) is 0 Å². The number of hydrogen-bond donors (Lipinski definition) is 0. The van der Waals surface area contributed by atoms with Crippen LogP contribution in [0.3, 0.4) is 0 Å². The quantitative estimate of drug-likeness (QED) is 0.732. The van der Waals surface area contributed by atoms with Crippen LogP contribution in [0.4, 0.5) is 0 Å². The fourth-order valence-electron chi connectivity index (χ4n) is 1.19. The topological polar surface area (TPSA) is 60.7 Å². The Labute approximate surface area is 90.8 Å².